The molecule has 7 heteroatoms. The Kier molecular flexibility index (Phi) is 3.33. The van der Waals surface area contributed by atoms with Crippen LogP contribution in [-0.4, -0.2) is 49.9 Å². The van der Waals surface area contributed by atoms with Crippen molar-refractivity contribution in [3.63, 3.8) is 0 Å². The summed E-state index contributed by atoms with van der Waals surface area (Å²) in [7, 11) is -3.18. The molecule has 0 aliphatic carbocycles. The Balaban J connectivity index is 2.40. The normalized spacial score (nSPS) is 19.6. The standard InChI is InChI=1S/C7H14N2O4S/c1-14(12,13)8-6-2-4-9(5-3-6)7(10)11/h6,8H,2-5H2,1H3,(H,10,11). The number of hydrogen-bond donors (Lipinski definition) is 2. The Morgan fingerprint density at radius 2 is 1.93 bits per heavy atom. The van der Waals surface area contributed by atoms with Crippen molar-refractivity contribution in [2.45, 2.75) is 18.9 Å². The maximum atomic E-state index is 10.9. The average Bonchev–Trinajstić information content (AvgIpc) is 2.02. The lowest BCUT2D eigenvalue weighted by Crippen LogP contribution is -2.45. The van der Waals surface area contributed by atoms with Crippen LogP contribution in [0.2, 0.25) is 0 Å². The third kappa shape index (κ3) is 3.51. The number of piperidine rings is 1. The monoisotopic (exact) mass is 222 g/mol. The van der Waals surface area contributed by atoms with E-state index in [2.05, 4.69) is 4.72 Å². The van der Waals surface area contributed by atoms with Gasteiger partial charge in [0.15, 0.2) is 0 Å². The van der Waals surface area contributed by atoms with Gasteiger partial charge in [0.05, 0.1) is 6.26 Å². The summed E-state index contributed by atoms with van der Waals surface area (Å²) < 4.78 is 24.2. The van der Waals surface area contributed by atoms with Gasteiger partial charge in [0.2, 0.25) is 10.0 Å². The number of hydrogen-bond acceptors (Lipinski definition) is 3. The SMILES string of the molecule is CS(=O)(=O)NC1CCN(C(=O)O)CC1. The molecule has 1 amide bonds. The van der Waals surface area contributed by atoms with E-state index < -0.39 is 16.1 Å². The largest absolute Gasteiger partial charge is 0.465 e. The van der Waals surface area contributed by atoms with E-state index in [0.717, 1.165) is 6.26 Å². The van der Waals surface area contributed by atoms with Crippen molar-refractivity contribution in [3.8, 4) is 0 Å². The first-order valence-electron chi connectivity index (χ1n) is 4.33. The van der Waals surface area contributed by atoms with E-state index in [-0.39, 0.29) is 6.04 Å². The zero-order valence-electron chi connectivity index (χ0n) is 7.93. The van der Waals surface area contributed by atoms with Gasteiger partial charge >= 0.3 is 6.09 Å². The smallest absolute Gasteiger partial charge is 0.407 e. The van der Waals surface area contributed by atoms with Crippen LogP contribution in [0.15, 0.2) is 0 Å². The summed E-state index contributed by atoms with van der Waals surface area (Å²) in [6.45, 7) is 0.783. The van der Waals surface area contributed by atoms with Crippen LogP contribution in [0.1, 0.15) is 12.8 Å². The van der Waals surface area contributed by atoms with Crippen LogP contribution in [0.4, 0.5) is 4.79 Å². The van der Waals surface area contributed by atoms with Gasteiger partial charge in [-0.2, -0.15) is 0 Å². The quantitative estimate of drug-likeness (QED) is 0.670. The number of nitrogens with one attached hydrogen (secondary N) is 1. The highest BCUT2D eigenvalue weighted by atomic mass is 32.2. The minimum Gasteiger partial charge on any atom is -0.465 e. The lowest BCUT2D eigenvalue weighted by Gasteiger charge is -2.29. The number of sulfonamides is 1. The molecule has 0 radical (unpaired) electrons. The van der Waals surface area contributed by atoms with Gasteiger partial charge in [-0.25, -0.2) is 17.9 Å². The maximum absolute atomic E-state index is 10.9. The molecule has 0 aromatic carbocycles. The first kappa shape index (κ1) is 11.3. The van der Waals surface area contributed by atoms with Crippen molar-refractivity contribution < 1.29 is 18.3 Å². The highest BCUT2D eigenvalue weighted by Gasteiger charge is 2.23. The number of rotatable bonds is 2. The number of nitrogens with zero attached hydrogens (tertiary/aromatic N) is 1. The number of carboxylic acid groups (broad SMARTS) is 1. The summed E-state index contributed by atoms with van der Waals surface area (Å²) >= 11 is 0. The summed E-state index contributed by atoms with van der Waals surface area (Å²) in [5.74, 6) is 0. The van der Waals surface area contributed by atoms with Crippen LogP contribution in [0.25, 0.3) is 0 Å². The van der Waals surface area contributed by atoms with E-state index in [0.29, 0.717) is 25.9 Å². The number of carbonyl (C=O) groups is 1. The van der Waals surface area contributed by atoms with Gasteiger partial charge in [0, 0.05) is 19.1 Å². The van der Waals surface area contributed by atoms with Gasteiger partial charge in [-0.15, -0.1) is 0 Å². The van der Waals surface area contributed by atoms with Crippen molar-refractivity contribution in [3.05, 3.63) is 0 Å². The van der Waals surface area contributed by atoms with E-state index in [4.69, 9.17) is 5.11 Å². The molecule has 0 atom stereocenters. The number of amides is 1. The van der Waals surface area contributed by atoms with E-state index in [1.54, 1.807) is 0 Å². The zero-order chi connectivity index (χ0) is 10.8. The topological polar surface area (TPSA) is 86.7 Å². The summed E-state index contributed by atoms with van der Waals surface area (Å²) in [6.07, 6.45) is 1.25. The van der Waals surface area contributed by atoms with E-state index in [1.165, 1.54) is 4.90 Å². The molecule has 0 spiro atoms. The summed E-state index contributed by atoms with van der Waals surface area (Å²) in [5, 5.41) is 8.64. The molecule has 1 saturated heterocycles. The van der Waals surface area contributed by atoms with Crippen molar-refractivity contribution in [2.24, 2.45) is 0 Å². The lowest BCUT2D eigenvalue weighted by atomic mass is 10.1. The molecule has 1 fully saturated rings. The highest BCUT2D eigenvalue weighted by molar-refractivity contribution is 7.88. The fourth-order valence-electron chi connectivity index (χ4n) is 1.49. The second-order valence-corrected chi connectivity index (χ2v) is 5.21. The Hall–Kier alpha value is -0.820. The predicted octanol–water partition coefficient (Wildman–Crippen LogP) is -0.322. The molecule has 0 aromatic heterocycles. The molecule has 1 aliphatic heterocycles. The molecular formula is C7H14N2O4S. The van der Waals surface area contributed by atoms with Crippen LogP contribution in [0, 0.1) is 0 Å². The van der Waals surface area contributed by atoms with Gasteiger partial charge in [-0.3, -0.25) is 0 Å². The molecule has 0 bridgehead atoms. The molecule has 2 N–H and O–H groups in total. The fourth-order valence-corrected chi connectivity index (χ4v) is 2.33. The molecule has 6 nitrogen and oxygen atoms in total. The Morgan fingerprint density at radius 3 is 2.29 bits per heavy atom. The Labute approximate surface area is 82.9 Å². The van der Waals surface area contributed by atoms with E-state index >= 15 is 0 Å². The molecule has 0 unspecified atom stereocenters. The third-order valence-corrected chi connectivity index (χ3v) is 2.91. The molecule has 1 aliphatic rings. The molecule has 0 saturated carbocycles. The van der Waals surface area contributed by atoms with Crippen molar-refractivity contribution >= 4 is 16.1 Å². The predicted molar refractivity (Wildman–Crippen MR) is 50.6 cm³/mol. The molecule has 1 heterocycles. The van der Waals surface area contributed by atoms with Crippen LogP contribution in [-0.2, 0) is 10.0 Å². The maximum Gasteiger partial charge on any atom is 0.407 e. The van der Waals surface area contributed by atoms with E-state index in [9.17, 15) is 13.2 Å². The highest BCUT2D eigenvalue weighted by Crippen LogP contribution is 2.10. The van der Waals surface area contributed by atoms with Crippen LogP contribution in [0.5, 0.6) is 0 Å². The second-order valence-electron chi connectivity index (χ2n) is 3.43. The summed E-state index contributed by atoms with van der Waals surface area (Å²) in [5.41, 5.74) is 0. The molecular weight excluding hydrogens is 208 g/mol. The van der Waals surface area contributed by atoms with Gasteiger partial charge in [-0.05, 0) is 12.8 Å². The van der Waals surface area contributed by atoms with Crippen molar-refractivity contribution in [1.29, 1.82) is 0 Å². The zero-order valence-corrected chi connectivity index (χ0v) is 8.75. The summed E-state index contributed by atoms with van der Waals surface area (Å²) in [4.78, 5) is 11.8. The van der Waals surface area contributed by atoms with Gasteiger partial charge in [-0.1, -0.05) is 0 Å². The van der Waals surface area contributed by atoms with Crippen molar-refractivity contribution in [1.82, 2.24) is 9.62 Å². The third-order valence-electron chi connectivity index (χ3n) is 2.15. The minimum absolute atomic E-state index is 0.124. The molecule has 82 valence electrons. The van der Waals surface area contributed by atoms with Gasteiger partial charge in [0.25, 0.3) is 0 Å². The second kappa shape index (κ2) is 4.14. The van der Waals surface area contributed by atoms with Crippen molar-refractivity contribution in [2.75, 3.05) is 19.3 Å². The van der Waals surface area contributed by atoms with Crippen LogP contribution >= 0.6 is 0 Å². The van der Waals surface area contributed by atoms with Gasteiger partial charge < -0.3 is 10.0 Å². The van der Waals surface area contributed by atoms with Crippen LogP contribution < -0.4 is 4.72 Å². The Morgan fingerprint density at radius 1 is 1.43 bits per heavy atom. The first-order chi connectivity index (χ1) is 6.38. The van der Waals surface area contributed by atoms with Crippen LogP contribution in [0.3, 0.4) is 0 Å². The Bertz CT molecular complexity index is 306. The minimum atomic E-state index is -3.18. The molecule has 0 aromatic rings. The number of likely N-dealkylation sites (tertiary alicyclic amines) is 1. The first-order valence-corrected chi connectivity index (χ1v) is 6.23. The average molecular weight is 222 g/mol. The summed E-state index contributed by atoms with van der Waals surface area (Å²) in [6, 6.07) is -0.124. The fraction of sp³-hybridized carbons (Fsp3) is 0.857. The molecule has 14 heavy (non-hydrogen) atoms. The van der Waals surface area contributed by atoms with Gasteiger partial charge in [0.1, 0.15) is 0 Å². The van der Waals surface area contributed by atoms with E-state index in [1.807, 2.05) is 0 Å². The lowest BCUT2D eigenvalue weighted by molar-refractivity contribution is 0.131. The molecule has 1 rings (SSSR count).